The lowest BCUT2D eigenvalue weighted by molar-refractivity contribution is 1.28. The van der Waals surface area contributed by atoms with Crippen molar-refractivity contribution in [3.63, 3.8) is 0 Å². The van der Waals surface area contributed by atoms with Gasteiger partial charge in [-0.05, 0) is 103 Å². The Labute approximate surface area is 287 Å². The molecular formula is C48H33N. The molecular weight excluding hydrogens is 591 g/mol. The lowest BCUT2D eigenvalue weighted by atomic mass is 9.93. The second-order valence-electron chi connectivity index (χ2n) is 12.5. The topological polar surface area (TPSA) is 3.24 Å². The monoisotopic (exact) mass is 623 g/mol. The molecule has 0 aliphatic heterocycles. The first-order chi connectivity index (χ1) is 24.3. The van der Waals surface area contributed by atoms with Crippen molar-refractivity contribution in [2.24, 2.45) is 0 Å². The minimum atomic E-state index is 1.11. The molecule has 0 aromatic heterocycles. The van der Waals surface area contributed by atoms with Crippen LogP contribution in [0.1, 0.15) is 0 Å². The highest BCUT2D eigenvalue weighted by Crippen LogP contribution is 2.43. The van der Waals surface area contributed by atoms with Crippen LogP contribution >= 0.6 is 0 Å². The zero-order valence-electron chi connectivity index (χ0n) is 27.0. The fraction of sp³-hybridized carbons (Fsp3) is 0. The molecule has 0 heterocycles. The molecule has 0 bridgehead atoms. The molecule has 0 saturated carbocycles. The third-order valence-electron chi connectivity index (χ3n) is 9.64. The minimum absolute atomic E-state index is 1.11. The molecule has 0 aliphatic carbocycles. The lowest BCUT2D eigenvalue weighted by Gasteiger charge is -2.28. The van der Waals surface area contributed by atoms with Crippen LogP contribution < -0.4 is 4.90 Å². The van der Waals surface area contributed by atoms with Crippen LogP contribution in [-0.4, -0.2) is 0 Å². The number of para-hydroxylation sites is 2. The summed E-state index contributed by atoms with van der Waals surface area (Å²) in [6, 6.07) is 72.4. The number of hydrogen-bond acceptors (Lipinski definition) is 1. The number of hydrogen-bond donors (Lipinski definition) is 0. The molecule has 0 aliphatic rings. The minimum Gasteiger partial charge on any atom is -0.310 e. The summed E-state index contributed by atoms with van der Waals surface area (Å²) in [5.41, 5.74) is 10.6. The van der Waals surface area contributed by atoms with E-state index in [1.807, 2.05) is 0 Å². The zero-order valence-corrected chi connectivity index (χ0v) is 27.0. The second kappa shape index (κ2) is 12.3. The van der Waals surface area contributed by atoms with Crippen LogP contribution in [-0.2, 0) is 0 Å². The summed E-state index contributed by atoms with van der Waals surface area (Å²) < 4.78 is 0. The van der Waals surface area contributed by atoms with Gasteiger partial charge in [-0.1, -0.05) is 158 Å². The number of rotatable bonds is 6. The molecule has 0 amide bonds. The van der Waals surface area contributed by atoms with Crippen LogP contribution in [0.3, 0.4) is 0 Å². The Balaban J connectivity index is 1.17. The predicted octanol–water partition coefficient (Wildman–Crippen LogP) is 13.6. The van der Waals surface area contributed by atoms with E-state index in [9.17, 15) is 0 Å². The van der Waals surface area contributed by atoms with E-state index >= 15 is 0 Å². The molecule has 9 aromatic rings. The number of benzene rings is 9. The van der Waals surface area contributed by atoms with Crippen molar-refractivity contribution in [1.82, 2.24) is 0 Å². The van der Waals surface area contributed by atoms with Crippen molar-refractivity contribution in [3.05, 3.63) is 200 Å². The summed E-state index contributed by atoms with van der Waals surface area (Å²) in [7, 11) is 0. The SMILES string of the molecule is c1ccc(N(c2ccc(-c3cc4ccccc4c4ccccc34)cc2)c2ccccc2-c2cccc(-c3cccc4ccccc34)c2)cc1. The average Bonchev–Trinajstić information content (AvgIpc) is 3.18. The first-order valence-corrected chi connectivity index (χ1v) is 16.9. The van der Waals surface area contributed by atoms with Gasteiger partial charge in [0.1, 0.15) is 0 Å². The smallest absolute Gasteiger partial charge is 0.0540 e. The van der Waals surface area contributed by atoms with Crippen LogP contribution in [0.2, 0.25) is 0 Å². The Hall–Kier alpha value is -6.44. The van der Waals surface area contributed by atoms with E-state index in [1.54, 1.807) is 0 Å². The van der Waals surface area contributed by atoms with Gasteiger partial charge in [-0.2, -0.15) is 0 Å². The maximum absolute atomic E-state index is 2.38. The molecule has 1 nitrogen and oxygen atoms in total. The Morgan fingerprint density at radius 3 is 1.63 bits per heavy atom. The van der Waals surface area contributed by atoms with E-state index in [4.69, 9.17) is 0 Å². The highest BCUT2D eigenvalue weighted by Gasteiger charge is 2.18. The number of nitrogens with zero attached hydrogens (tertiary/aromatic N) is 1. The van der Waals surface area contributed by atoms with Crippen LogP contribution in [0.15, 0.2) is 200 Å². The fourth-order valence-corrected chi connectivity index (χ4v) is 7.33. The fourth-order valence-electron chi connectivity index (χ4n) is 7.33. The Morgan fingerprint density at radius 1 is 0.265 bits per heavy atom. The normalized spacial score (nSPS) is 11.3. The van der Waals surface area contributed by atoms with E-state index in [-0.39, 0.29) is 0 Å². The van der Waals surface area contributed by atoms with Gasteiger partial charge in [-0.3, -0.25) is 0 Å². The van der Waals surface area contributed by atoms with Crippen LogP contribution in [0, 0.1) is 0 Å². The Morgan fingerprint density at radius 2 is 0.816 bits per heavy atom. The molecule has 0 unspecified atom stereocenters. The Bertz CT molecular complexity index is 2590. The maximum atomic E-state index is 2.38. The quantitative estimate of drug-likeness (QED) is 0.167. The predicted molar refractivity (Wildman–Crippen MR) is 210 cm³/mol. The van der Waals surface area contributed by atoms with Gasteiger partial charge in [0.15, 0.2) is 0 Å². The molecule has 9 aromatic carbocycles. The highest BCUT2D eigenvalue weighted by atomic mass is 15.1. The summed E-state index contributed by atoms with van der Waals surface area (Å²) in [5, 5.41) is 7.61. The van der Waals surface area contributed by atoms with E-state index in [0.717, 1.165) is 17.1 Å². The van der Waals surface area contributed by atoms with E-state index in [2.05, 4.69) is 205 Å². The summed E-state index contributed by atoms with van der Waals surface area (Å²) in [4.78, 5) is 2.38. The molecule has 0 atom stereocenters. The molecule has 0 N–H and O–H groups in total. The van der Waals surface area contributed by atoms with Gasteiger partial charge >= 0.3 is 0 Å². The zero-order chi connectivity index (χ0) is 32.6. The third-order valence-corrected chi connectivity index (χ3v) is 9.64. The first kappa shape index (κ1) is 28.8. The lowest BCUT2D eigenvalue weighted by Crippen LogP contribution is -2.11. The van der Waals surface area contributed by atoms with Crippen molar-refractivity contribution < 1.29 is 0 Å². The molecule has 49 heavy (non-hydrogen) atoms. The number of fused-ring (bicyclic) bond motifs is 4. The van der Waals surface area contributed by atoms with Crippen molar-refractivity contribution in [2.75, 3.05) is 4.90 Å². The van der Waals surface area contributed by atoms with E-state index < -0.39 is 0 Å². The van der Waals surface area contributed by atoms with Crippen LogP contribution in [0.4, 0.5) is 17.1 Å². The third kappa shape index (κ3) is 5.23. The van der Waals surface area contributed by atoms with Gasteiger partial charge in [0.25, 0.3) is 0 Å². The van der Waals surface area contributed by atoms with Crippen LogP contribution in [0.5, 0.6) is 0 Å². The molecule has 0 fully saturated rings. The molecule has 230 valence electrons. The van der Waals surface area contributed by atoms with Crippen molar-refractivity contribution in [3.8, 4) is 33.4 Å². The summed E-state index contributed by atoms with van der Waals surface area (Å²) in [6.45, 7) is 0. The molecule has 0 radical (unpaired) electrons. The van der Waals surface area contributed by atoms with Gasteiger partial charge < -0.3 is 4.90 Å². The molecule has 1 heteroatoms. The van der Waals surface area contributed by atoms with Gasteiger partial charge in [-0.25, -0.2) is 0 Å². The average molecular weight is 624 g/mol. The maximum Gasteiger partial charge on any atom is 0.0540 e. The number of anilines is 3. The van der Waals surface area contributed by atoms with Crippen molar-refractivity contribution in [2.45, 2.75) is 0 Å². The molecule has 0 spiro atoms. The van der Waals surface area contributed by atoms with Crippen LogP contribution in [0.25, 0.3) is 65.7 Å². The standard InChI is InChI=1S/C48H33N/c1-2-19-39(20-3-1)49(40-30-28-35(29-31-40)47-33-38-15-5-7-22-43(38)45-24-8-9-25-46(45)47)48-27-11-10-23-44(48)37-18-12-17-36(32-37)42-26-13-16-34-14-4-6-21-41(34)42/h1-33H. The first-order valence-electron chi connectivity index (χ1n) is 16.9. The van der Waals surface area contributed by atoms with Gasteiger partial charge in [0, 0.05) is 16.9 Å². The summed E-state index contributed by atoms with van der Waals surface area (Å²) >= 11 is 0. The summed E-state index contributed by atoms with van der Waals surface area (Å²) in [5.74, 6) is 0. The highest BCUT2D eigenvalue weighted by molar-refractivity contribution is 6.13. The van der Waals surface area contributed by atoms with Crippen molar-refractivity contribution >= 4 is 49.4 Å². The summed E-state index contributed by atoms with van der Waals surface area (Å²) in [6.07, 6.45) is 0. The molecule has 9 rings (SSSR count). The molecule has 0 saturated heterocycles. The van der Waals surface area contributed by atoms with Gasteiger partial charge in [-0.15, -0.1) is 0 Å². The van der Waals surface area contributed by atoms with E-state index in [1.165, 1.54) is 65.7 Å². The van der Waals surface area contributed by atoms with E-state index in [0.29, 0.717) is 0 Å². The largest absolute Gasteiger partial charge is 0.310 e. The van der Waals surface area contributed by atoms with Gasteiger partial charge in [0.2, 0.25) is 0 Å². The Kier molecular flexibility index (Phi) is 7.22. The van der Waals surface area contributed by atoms with Crippen molar-refractivity contribution in [1.29, 1.82) is 0 Å². The van der Waals surface area contributed by atoms with Gasteiger partial charge in [0.05, 0.1) is 5.69 Å². The second-order valence-corrected chi connectivity index (χ2v) is 12.5.